The Kier molecular flexibility index (Phi) is 5.43. The number of hydrogen-bond acceptors (Lipinski definition) is 8. The second-order valence-electron chi connectivity index (χ2n) is 6.69. The van der Waals surface area contributed by atoms with Crippen molar-refractivity contribution in [1.29, 1.82) is 0 Å². The Hall–Kier alpha value is -3.72. The lowest BCUT2D eigenvalue weighted by atomic mass is 9.95. The number of aliphatic hydroxyl groups is 1. The molecule has 0 fully saturated rings. The minimum absolute atomic E-state index is 0.000312. The van der Waals surface area contributed by atoms with E-state index in [2.05, 4.69) is 4.98 Å². The van der Waals surface area contributed by atoms with E-state index in [0.29, 0.717) is 11.3 Å². The maximum absolute atomic E-state index is 13.1. The van der Waals surface area contributed by atoms with Gasteiger partial charge in [-0.05, 0) is 31.5 Å². The number of anilines is 1. The van der Waals surface area contributed by atoms with Crippen molar-refractivity contribution in [2.75, 3.05) is 11.5 Å². The number of carbonyl (C=O) groups excluding carboxylic acids is 3. The fraction of sp³-hybridized carbons (Fsp3) is 0.182. The van der Waals surface area contributed by atoms with E-state index in [-0.39, 0.29) is 27.9 Å². The zero-order chi connectivity index (χ0) is 22.1. The van der Waals surface area contributed by atoms with Crippen LogP contribution >= 0.6 is 11.3 Å². The summed E-state index contributed by atoms with van der Waals surface area (Å²) in [5.74, 6) is -2.62. The average molecular weight is 438 g/mol. The summed E-state index contributed by atoms with van der Waals surface area (Å²) in [6, 6.07) is 10.9. The number of hydrogen-bond donors (Lipinski definition) is 1. The predicted octanol–water partition coefficient (Wildman–Crippen LogP) is 4.00. The van der Waals surface area contributed by atoms with E-state index in [9.17, 15) is 19.5 Å². The number of aryl methyl sites for hydroxylation is 1. The Morgan fingerprint density at radius 1 is 1.23 bits per heavy atom. The number of Topliss-reactive ketones (excluding diaryl/α,β-unsaturated/α-hetero) is 1. The molecule has 1 aliphatic rings. The highest BCUT2D eigenvalue weighted by Crippen LogP contribution is 2.43. The van der Waals surface area contributed by atoms with Crippen LogP contribution in [0.1, 0.15) is 44.4 Å². The summed E-state index contributed by atoms with van der Waals surface area (Å²) in [6.45, 7) is 3.52. The first-order valence-corrected chi connectivity index (χ1v) is 10.3. The molecule has 0 saturated heterocycles. The van der Waals surface area contributed by atoms with Crippen LogP contribution in [-0.4, -0.2) is 34.4 Å². The quantitative estimate of drug-likeness (QED) is 0.457. The van der Waals surface area contributed by atoms with Crippen LogP contribution in [0.5, 0.6) is 0 Å². The molecule has 3 heterocycles. The number of aliphatic hydroxyl groups excluding tert-OH is 1. The Labute approximate surface area is 181 Å². The van der Waals surface area contributed by atoms with Crippen LogP contribution in [0, 0.1) is 6.92 Å². The van der Waals surface area contributed by atoms with Crippen LogP contribution in [0.4, 0.5) is 5.13 Å². The molecule has 3 aromatic rings. The van der Waals surface area contributed by atoms with E-state index in [1.54, 1.807) is 50.2 Å². The first-order chi connectivity index (χ1) is 14.9. The van der Waals surface area contributed by atoms with Crippen LogP contribution in [0.25, 0.3) is 0 Å². The molecule has 1 aromatic carbocycles. The Morgan fingerprint density at radius 3 is 2.61 bits per heavy atom. The number of carbonyl (C=O) groups is 3. The number of aromatic nitrogens is 1. The van der Waals surface area contributed by atoms with Crippen molar-refractivity contribution >= 4 is 34.1 Å². The van der Waals surface area contributed by atoms with Gasteiger partial charge in [-0.15, -0.1) is 0 Å². The molecule has 4 rings (SSSR count). The van der Waals surface area contributed by atoms with Gasteiger partial charge in [0.2, 0.25) is 5.78 Å². The molecular formula is C22H18N2O6S. The molecule has 0 unspecified atom stereocenters. The van der Waals surface area contributed by atoms with E-state index in [1.165, 1.54) is 17.2 Å². The van der Waals surface area contributed by atoms with Crippen molar-refractivity contribution in [3.63, 3.8) is 0 Å². The number of ketones is 1. The van der Waals surface area contributed by atoms with Gasteiger partial charge in [0, 0.05) is 0 Å². The van der Waals surface area contributed by atoms with Crippen molar-refractivity contribution in [3.05, 3.63) is 82.0 Å². The van der Waals surface area contributed by atoms with Gasteiger partial charge in [-0.3, -0.25) is 14.5 Å². The first kappa shape index (κ1) is 20.5. The summed E-state index contributed by atoms with van der Waals surface area (Å²) in [5.41, 5.74) is 0.875. The largest absolute Gasteiger partial charge is 0.503 e. The van der Waals surface area contributed by atoms with Crippen LogP contribution in [-0.2, 0) is 9.53 Å². The number of thiazole rings is 1. The van der Waals surface area contributed by atoms with Crippen LogP contribution in [0.3, 0.4) is 0 Å². The average Bonchev–Trinajstić information content (AvgIpc) is 3.48. The number of rotatable bonds is 6. The van der Waals surface area contributed by atoms with Gasteiger partial charge in [0.15, 0.2) is 16.7 Å². The van der Waals surface area contributed by atoms with Crippen molar-refractivity contribution in [3.8, 4) is 0 Å². The highest BCUT2D eigenvalue weighted by molar-refractivity contribution is 7.17. The van der Waals surface area contributed by atoms with Crippen molar-refractivity contribution < 1.29 is 28.6 Å². The van der Waals surface area contributed by atoms with Crippen molar-refractivity contribution in [1.82, 2.24) is 4.98 Å². The summed E-state index contributed by atoms with van der Waals surface area (Å²) in [4.78, 5) is 44.3. The smallest absolute Gasteiger partial charge is 0.350 e. The third-order valence-electron chi connectivity index (χ3n) is 4.77. The van der Waals surface area contributed by atoms with E-state index >= 15 is 0 Å². The number of benzene rings is 1. The maximum atomic E-state index is 13.1. The number of amides is 1. The SMILES string of the molecule is CCOC(=O)c1sc(N2C(=O)C(O)=C(C(=O)c3ccco3)[C@H]2c2ccccc2)nc1C. The molecule has 0 aliphatic carbocycles. The van der Waals surface area contributed by atoms with E-state index in [1.807, 2.05) is 0 Å². The van der Waals surface area contributed by atoms with Crippen molar-refractivity contribution in [2.45, 2.75) is 19.9 Å². The Bertz CT molecular complexity index is 1180. The molecule has 1 aliphatic heterocycles. The van der Waals surface area contributed by atoms with Gasteiger partial charge in [-0.2, -0.15) is 0 Å². The van der Waals surface area contributed by atoms with Crippen LogP contribution in [0.15, 0.2) is 64.5 Å². The van der Waals surface area contributed by atoms with Gasteiger partial charge in [-0.1, -0.05) is 41.7 Å². The van der Waals surface area contributed by atoms with Gasteiger partial charge in [0.1, 0.15) is 4.88 Å². The van der Waals surface area contributed by atoms with E-state index in [4.69, 9.17) is 9.15 Å². The first-order valence-electron chi connectivity index (χ1n) is 9.48. The van der Waals surface area contributed by atoms with Crippen LogP contribution in [0.2, 0.25) is 0 Å². The normalized spacial score (nSPS) is 16.1. The molecule has 2 aromatic heterocycles. The number of ether oxygens (including phenoxy) is 1. The molecular weight excluding hydrogens is 420 g/mol. The van der Waals surface area contributed by atoms with Gasteiger partial charge in [-0.25, -0.2) is 9.78 Å². The molecule has 1 amide bonds. The van der Waals surface area contributed by atoms with E-state index < -0.39 is 29.5 Å². The van der Waals surface area contributed by atoms with Gasteiger partial charge >= 0.3 is 5.97 Å². The van der Waals surface area contributed by atoms with Gasteiger partial charge < -0.3 is 14.3 Å². The number of esters is 1. The monoisotopic (exact) mass is 438 g/mol. The van der Waals surface area contributed by atoms with Crippen LogP contribution < -0.4 is 4.90 Å². The zero-order valence-electron chi connectivity index (χ0n) is 16.7. The molecule has 0 spiro atoms. The molecule has 31 heavy (non-hydrogen) atoms. The molecule has 0 saturated carbocycles. The standard InChI is InChI=1S/C22H18N2O6S/c1-3-29-21(28)19-12(2)23-22(31-19)24-16(13-8-5-4-6-9-13)15(18(26)20(24)27)17(25)14-10-7-11-30-14/h4-11,16,26H,3H2,1-2H3/t16-/m1/s1. The molecule has 8 nitrogen and oxygen atoms in total. The summed E-state index contributed by atoms with van der Waals surface area (Å²) in [7, 11) is 0. The highest BCUT2D eigenvalue weighted by Gasteiger charge is 2.46. The minimum atomic E-state index is -0.938. The topological polar surface area (TPSA) is 110 Å². The molecule has 9 heteroatoms. The predicted molar refractivity (Wildman–Crippen MR) is 112 cm³/mol. The lowest BCUT2D eigenvalue weighted by molar-refractivity contribution is -0.117. The number of furan rings is 1. The molecule has 0 bridgehead atoms. The van der Waals surface area contributed by atoms with Crippen molar-refractivity contribution in [2.24, 2.45) is 0 Å². The minimum Gasteiger partial charge on any atom is -0.503 e. The second kappa shape index (κ2) is 8.19. The zero-order valence-corrected chi connectivity index (χ0v) is 17.5. The Morgan fingerprint density at radius 2 is 1.97 bits per heavy atom. The number of nitrogens with zero attached hydrogens (tertiary/aromatic N) is 2. The third-order valence-corrected chi connectivity index (χ3v) is 5.90. The summed E-state index contributed by atoms with van der Waals surface area (Å²) in [5, 5.41) is 10.8. The van der Waals surface area contributed by atoms with Gasteiger partial charge in [0.25, 0.3) is 5.91 Å². The van der Waals surface area contributed by atoms with E-state index in [0.717, 1.165) is 11.3 Å². The summed E-state index contributed by atoms with van der Waals surface area (Å²) in [6.07, 6.45) is 1.34. The highest BCUT2D eigenvalue weighted by atomic mass is 32.1. The fourth-order valence-electron chi connectivity index (χ4n) is 3.40. The molecule has 1 atom stereocenters. The molecule has 158 valence electrons. The Balaban J connectivity index is 1.83. The van der Waals surface area contributed by atoms with Gasteiger partial charge in [0.05, 0.1) is 30.2 Å². The second-order valence-corrected chi connectivity index (χ2v) is 7.67. The third kappa shape index (κ3) is 3.53. The lowest BCUT2D eigenvalue weighted by Crippen LogP contribution is -2.31. The molecule has 0 radical (unpaired) electrons. The maximum Gasteiger partial charge on any atom is 0.350 e. The summed E-state index contributed by atoms with van der Waals surface area (Å²) >= 11 is 0.967. The molecule has 1 N–H and O–H groups in total. The summed E-state index contributed by atoms with van der Waals surface area (Å²) < 4.78 is 10.3. The fourth-order valence-corrected chi connectivity index (χ4v) is 4.38. The lowest BCUT2D eigenvalue weighted by Gasteiger charge is -2.24.